The lowest BCUT2D eigenvalue weighted by atomic mass is 9.70. The Labute approximate surface area is 606 Å². The molecule has 5 N–H and O–H groups in total. The number of allylic oxidation sites excluding steroid dienone is 9. The highest BCUT2D eigenvalue weighted by molar-refractivity contribution is 7.87. The first-order chi connectivity index (χ1) is 49.2. The highest BCUT2D eigenvalue weighted by Crippen LogP contribution is 2.54. The standard InChI is InChI=1S/C68H91N3O28S5/c1-6-13-50-44-49(67(2,23-12-43-100(75,76)77)65-55-45-51(101(78,79)80)47-59(103(84,85)86)53(55)16-18-57(65)69(50)25-29-90-4)14-10-8-7-9-11-15-61-68(3,24-28-93-34-37-97-40-39-95-32-31-91-5)66-56-46-52(102(81,82)83)48-60(104(87,88)89)54(56)17-19-58(66)70(61)26-30-94-35-38-98-42-41-96-36-33-92-27-22-64(74)99-71-62(72)20-21-63(71)73/h7-11,14-19,44-48,50H,6,12-13,20-43H2,1-5H3,(H,75,76,77)(H,78,79,80)(H,81,82,83)(H,84,85,86)(H,87,88,89)/b8-7+,11-9+,14-10+,61-15+. The largest absolute Gasteiger partial charge is 0.383 e. The van der Waals surface area contributed by atoms with Gasteiger partial charge in [-0.2, -0.15) is 42.1 Å². The van der Waals surface area contributed by atoms with Gasteiger partial charge in [0, 0.05) is 91.5 Å². The number of hydroxylamine groups is 2. The number of carbonyl (C=O) groups excluding carboxylic acids is 3. The maximum absolute atomic E-state index is 13.1. The van der Waals surface area contributed by atoms with E-state index in [0.29, 0.717) is 83.6 Å². The fourth-order valence-corrected chi connectivity index (χ4v) is 15.9. The molecule has 0 aromatic heterocycles. The molecule has 1 saturated heterocycles. The summed E-state index contributed by atoms with van der Waals surface area (Å²) >= 11 is 0. The molecule has 0 spiro atoms. The SMILES string of the molecule is CCCC1C=C(/C=C/C=C/C=C/C=C2/N(CCOCCOCCOCCOCCC(=O)ON3C(=O)CCC3=O)c3ccc4c(S(=O)(=O)O)cc(S(=O)(=O)O)cc4c3C2(C)CCOCCOCCOCCOC)C(C)(CCCS(=O)(=O)O)c2c(ccc3c(S(=O)(=O)O)cc(S(=O)(=O)O)cc23)N1CCOC. The second kappa shape index (κ2) is 38.3. The van der Waals surface area contributed by atoms with Crippen LogP contribution in [-0.2, 0) is 123 Å². The lowest BCUT2D eigenvalue weighted by molar-refractivity contribution is -0.198. The van der Waals surface area contributed by atoms with E-state index in [1.165, 1.54) is 19.2 Å². The van der Waals surface area contributed by atoms with Gasteiger partial charge in [0.05, 0.1) is 121 Å². The molecule has 3 aliphatic heterocycles. The molecule has 3 aliphatic rings. The zero-order chi connectivity index (χ0) is 76.1. The fourth-order valence-electron chi connectivity index (χ4n) is 12.7. The Morgan fingerprint density at radius 3 is 1.50 bits per heavy atom. The van der Waals surface area contributed by atoms with Crippen molar-refractivity contribution in [1.29, 1.82) is 0 Å². The first-order valence-electron chi connectivity index (χ1n) is 33.3. The van der Waals surface area contributed by atoms with Crippen molar-refractivity contribution in [3.8, 4) is 0 Å². The summed E-state index contributed by atoms with van der Waals surface area (Å²) in [5, 5.41) is 0.371. The molecule has 104 heavy (non-hydrogen) atoms. The van der Waals surface area contributed by atoms with Crippen LogP contribution < -0.4 is 9.80 Å². The monoisotopic (exact) mass is 1560 g/mol. The van der Waals surface area contributed by atoms with Gasteiger partial charge in [0.25, 0.3) is 62.4 Å². The van der Waals surface area contributed by atoms with Crippen molar-refractivity contribution < 1.29 is 127 Å². The summed E-state index contributed by atoms with van der Waals surface area (Å²) in [6.45, 7) is 8.88. The number of fused-ring (bicyclic) bond motifs is 6. The van der Waals surface area contributed by atoms with Gasteiger partial charge in [0.15, 0.2) is 0 Å². The molecule has 0 radical (unpaired) electrons. The van der Waals surface area contributed by atoms with Crippen LogP contribution in [0.15, 0.2) is 128 Å². The maximum atomic E-state index is 13.1. The molecule has 0 bridgehead atoms. The van der Waals surface area contributed by atoms with Crippen LogP contribution in [-0.4, -0.2) is 233 Å². The number of benzene rings is 4. The number of nitrogens with zero attached hydrogens (tertiary/aromatic N) is 3. The molecule has 2 amide bonds. The molecule has 0 saturated carbocycles. The quantitative estimate of drug-likeness (QED) is 0.0129. The number of hydrogen-bond acceptors (Lipinski definition) is 25. The number of amides is 2. The lowest BCUT2D eigenvalue weighted by Crippen LogP contribution is -2.37. The van der Waals surface area contributed by atoms with Crippen LogP contribution in [0.5, 0.6) is 0 Å². The molecule has 1 fully saturated rings. The zero-order valence-corrected chi connectivity index (χ0v) is 62.5. The zero-order valence-electron chi connectivity index (χ0n) is 58.4. The second-order valence-corrected chi connectivity index (χ2v) is 31.9. The second-order valence-electron chi connectivity index (χ2n) is 24.7. The number of methoxy groups -OCH3 is 2. The Hall–Kier alpha value is -6.50. The number of ether oxygens (including phenoxy) is 9. The van der Waals surface area contributed by atoms with E-state index in [4.69, 9.17) is 47.5 Å². The Balaban J connectivity index is 1.21. The van der Waals surface area contributed by atoms with Gasteiger partial charge in [-0.1, -0.05) is 74.9 Å². The third-order valence-corrected chi connectivity index (χ3v) is 21.8. The van der Waals surface area contributed by atoms with Gasteiger partial charge in [0.1, 0.15) is 9.79 Å². The van der Waals surface area contributed by atoms with Gasteiger partial charge in [-0.25, -0.2) is 4.79 Å². The maximum Gasteiger partial charge on any atom is 0.335 e. The predicted molar refractivity (Wildman–Crippen MR) is 380 cm³/mol. The summed E-state index contributed by atoms with van der Waals surface area (Å²) in [5.74, 6) is -2.66. The van der Waals surface area contributed by atoms with E-state index in [2.05, 4.69) is 0 Å². The van der Waals surface area contributed by atoms with Crippen LogP contribution in [0.25, 0.3) is 21.5 Å². The summed E-state index contributed by atoms with van der Waals surface area (Å²) in [7, 11) is -22.0. The third-order valence-electron chi connectivity index (χ3n) is 17.5. The number of imide groups is 1. The smallest absolute Gasteiger partial charge is 0.335 e. The summed E-state index contributed by atoms with van der Waals surface area (Å²) in [6, 6.07) is 9.24. The number of carbonyl (C=O) groups is 3. The van der Waals surface area contributed by atoms with Gasteiger partial charge < -0.3 is 57.3 Å². The number of rotatable bonds is 45. The molecule has 36 heteroatoms. The fraction of sp³-hybridized carbons (Fsp3) is 0.515. The molecule has 3 heterocycles. The minimum Gasteiger partial charge on any atom is -0.383 e. The van der Waals surface area contributed by atoms with Crippen LogP contribution in [0.3, 0.4) is 0 Å². The van der Waals surface area contributed by atoms with Crippen LogP contribution in [0.4, 0.5) is 11.4 Å². The third kappa shape index (κ3) is 23.0. The van der Waals surface area contributed by atoms with Crippen molar-refractivity contribution in [1.82, 2.24) is 5.06 Å². The normalized spacial score (nSPS) is 18.9. The van der Waals surface area contributed by atoms with Gasteiger partial charge in [-0.05, 0) is 103 Å². The molecule has 4 aromatic rings. The average Bonchev–Trinajstić information content (AvgIpc) is 1.49. The van der Waals surface area contributed by atoms with Gasteiger partial charge >= 0.3 is 5.97 Å². The van der Waals surface area contributed by atoms with E-state index in [0.717, 1.165) is 12.1 Å². The van der Waals surface area contributed by atoms with E-state index >= 15 is 0 Å². The van der Waals surface area contributed by atoms with Gasteiger partial charge in [-0.15, -0.1) is 5.06 Å². The molecule has 31 nitrogen and oxygen atoms in total. The highest BCUT2D eigenvalue weighted by atomic mass is 32.2. The minimum absolute atomic E-state index is 0.00121. The molecule has 4 aromatic carbocycles. The first kappa shape index (κ1) is 84.8. The van der Waals surface area contributed by atoms with Gasteiger partial charge in [-0.3, -0.25) is 32.4 Å². The van der Waals surface area contributed by atoms with Crippen molar-refractivity contribution in [2.75, 3.05) is 149 Å². The van der Waals surface area contributed by atoms with E-state index in [9.17, 15) is 79.2 Å². The molecule has 3 unspecified atom stereocenters. The number of hydrogen-bond donors (Lipinski definition) is 5. The van der Waals surface area contributed by atoms with Crippen molar-refractivity contribution in [2.45, 2.75) is 109 Å². The summed E-state index contributed by atoms with van der Waals surface area (Å²) < 4.78 is 231. The molecule has 576 valence electrons. The van der Waals surface area contributed by atoms with E-state index < -0.39 is 111 Å². The molecule has 7 rings (SSSR count). The Morgan fingerprint density at radius 1 is 0.529 bits per heavy atom. The predicted octanol–water partition coefficient (Wildman–Crippen LogP) is 6.95. The van der Waals surface area contributed by atoms with E-state index in [1.807, 2.05) is 29.7 Å². The minimum atomic E-state index is -5.17. The van der Waals surface area contributed by atoms with Crippen LogP contribution in [0.2, 0.25) is 0 Å². The Bertz CT molecular complexity index is 4430. The topological polar surface area (TPSA) is 425 Å². The van der Waals surface area contributed by atoms with Crippen molar-refractivity contribution >= 4 is 101 Å². The van der Waals surface area contributed by atoms with Crippen LogP contribution >= 0.6 is 0 Å². The average molecular weight is 1560 g/mol. The molecular weight excluding hydrogens is 1470 g/mol. The van der Waals surface area contributed by atoms with Crippen LogP contribution in [0.1, 0.15) is 83.3 Å². The molecular formula is C68H91N3O28S5. The number of anilines is 2. The van der Waals surface area contributed by atoms with E-state index in [-0.39, 0.29) is 159 Å². The van der Waals surface area contributed by atoms with Crippen LogP contribution in [0, 0.1) is 0 Å². The lowest BCUT2D eigenvalue weighted by Gasteiger charge is -2.36. The first-order valence-corrected chi connectivity index (χ1v) is 40.7. The Kier molecular flexibility index (Phi) is 31.3. The van der Waals surface area contributed by atoms with Crippen molar-refractivity contribution in [2.24, 2.45) is 0 Å². The van der Waals surface area contributed by atoms with Gasteiger partial charge in [0.2, 0.25) is 0 Å². The highest BCUT2D eigenvalue weighted by Gasteiger charge is 2.46. The Morgan fingerprint density at radius 2 is 1.00 bits per heavy atom. The molecule has 3 atom stereocenters. The molecule has 0 aliphatic carbocycles. The van der Waals surface area contributed by atoms with Crippen molar-refractivity contribution in [3.05, 3.63) is 120 Å². The van der Waals surface area contributed by atoms with E-state index in [1.54, 1.807) is 68.7 Å². The summed E-state index contributed by atoms with van der Waals surface area (Å²) in [4.78, 5) is 40.9. The van der Waals surface area contributed by atoms with Crippen molar-refractivity contribution in [3.63, 3.8) is 0 Å². The summed E-state index contributed by atoms with van der Waals surface area (Å²) in [6.07, 6.45) is 14.9. The summed E-state index contributed by atoms with van der Waals surface area (Å²) in [5.41, 5.74) is 0.295.